The molecule has 0 unspecified atom stereocenters. The molecule has 0 heterocycles. The van der Waals surface area contributed by atoms with Crippen LogP contribution in [0.4, 0.5) is 0 Å². The third-order valence-electron chi connectivity index (χ3n) is 3.11. The fourth-order valence-corrected chi connectivity index (χ4v) is 1.67. The van der Waals surface area contributed by atoms with Crippen LogP contribution in [0.1, 0.15) is 43.1 Å². The standard InChI is InChI=1S/C16H21N3O5/c1-4-10(3)18-14(20)15(21)19-17-9-12-8-11(16(22)23)6-7-13(12)24-5-2/h6-10H,4-5H2,1-3H3,(H,18,20)(H,19,21)(H,22,23)/p-1/b17-9-/t10-/m0/s1. The summed E-state index contributed by atoms with van der Waals surface area (Å²) >= 11 is 0. The van der Waals surface area contributed by atoms with Crippen molar-refractivity contribution in [1.82, 2.24) is 10.7 Å². The van der Waals surface area contributed by atoms with Gasteiger partial charge in [0.15, 0.2) is 0 Å². The number of carboxylic acid groups (broad SMARTS) is 1. The molecule has 0 aliphatic heterocycles. The predicted molar refractivity (Wildman–Crippen MR) is 85.6 cm³/mol. The Balaban J connectivity index is 2.81. The van der Waals surface area contributed by atoms with Crippen molar-refractivity contribution in [2.24, 2.45) is 5.10 Å². The molecule has 8 nitrogen and oxygen atoms in total. The van der Waals surface area contributed by atoms with E-state index in [4.69, 9.17) is 4.74 Å². The van der Waals surface area contributed by atoms with E-state index in [1.54, 1.807) is 13.8 Å². The summed E-state index contributed by atoms with van der Waals surface area (Å²) in [6.07, 6.45) is 1.89. The number of carbonyl (C=O) groups is 3. The molecular weight excluding hydrogens is 314 g/mol. The second-order valence-electron chi connectivity index (χ2n) is 4.95. The number of nitrogens with zero attached hydrogens (tertiary/aromatic N) is 1. The van der Waals surface area contributed by atoms with Gasteiger partial charge in [-0.3, -0.25) is 9.59 Å². The molecule has 0 saturated heterocycles. The average molecular weight is 334 g/mol. The molecule has 1 aromatic carbocycles. The minimum Gasteiger partial charge on any atom is -0.545 e. The Hall–Kier alpha value is -2.90. The van der Waals surface area contributed by atoms with Crippen LogP contribution in [0.3, 0.4) is 0 Å². The van der Waals surface area contributed by atoms with E-state index in [0.717, 1.165) is 0 Å². The number of benzene rings is 1. The summed E-state index contributed by atoms with van der Waals surface area (Å²) in [4.78, 5) is 34.1. The van der Waals surface area contributed by atoms with Gasteiger partial charge < -0.3 is 20.0 Å². The Kier molecular flexibility index (Phi) is 7.41. The van der Waals surface area contributed by atoms with Gasteiger partial charge in [-0.15, -0.1) is 0 Å². The van der Waals surface area contributed by atoms with Gasteiger partial charge in [0.05, 0.1) is 18.8 Å². The molecule has 0 bridgehead atoms. The SMILES string of the molecule is CCOc1ccc(C(=O)[O-])cc1/C=N\NC(=O)C(=O)N[C@@H](C)CC. The van der Waals surface area contributed by atoms with Crippen molar-refractivity contribution in [3.8, 4) is 5.75 Å². The zero-order valence-electron chi connectivity index (χ0n) is 13.8. The summed E-state index contributed by atoms with van der Waals surface area (Å²) in [6, 6.07) is 3.98. The number of nitrogens with one attached hydrogen (secondary N) is 2. The minimum atomic E-state index is -1.34. The van der Waals surface area contributed by atoms with E-state index in [1.807, 2.05) is 6.92 Å². The third kappa shape index (κ3) is 5.71. The number of aromatic carboxylic acids is 1. The molecule has 24 heavy (non-hydrogen) atoms. The molecule has 1 atom stereocenters. The summed E-state index contributed by atoms with van der Waals surface area (Å²) in [7, 11) is 0. The van der Waals surface area contributed by atoms with Crippen molar-refractivity contribution < 1.29 is 24.2 Å². The first-order valence-corrected chi connectivity index (χ1v) is 7.51. The summed E-state index contributed by atoms with van der Waals surface area (Å²) in [6.45, 7) is 5.79. The monoisotopic (exact) mass is 334 g/mol. The average Bonchev–Trinajstić information content (AvgIpc) is 2.55. The third-order valence-corrected chi connectivity index (χ3v) is 3.11. The van der Waals surface area contributed by atoms with Crippen LogP contribution < -0.4 is 20.6 Å². The number of hydrogen-bond acceptors (Lipinski definition) is 6. The number of hydrazone groups is 1. The Morgan fingerprint density at radius 1 is 1.29 bits per heavy atom. The molecule has 0 aromatic heterocycles. The van der Waals surface area contributed by atoms with Gasteiger partial charge in [-0.05, 0) is 44.0 Å². The van der Waals surface area contributed by atoms with E-state index in [-0.39, 0.29) is 11.6 Å². The van der Waals surface area contributed by atoms with Crippen molar-refractivity contribution in [1.29, 1.82) is 0 Å². The molecule has 1 rings (SSSR count). The minimum absolute atomic E-state index is 0.0549. The fourth-order valence-electron chi connectivity index (χ4n) is 1.67. The largest absolute Gasteiger partial charge is 0.545 e. The smallest absolute Gasteiger partial charge is 0.329 e. The van der Waals surface area contributed by atoms with E-state index in [2.05, 4.69) is 15.8 Å². The summed E-state index contributed by atoms with van der Waals surface area (Å²) in [5.41, 5.74) is 2.36. The van der Waals surface area contributed by atoms with E-state index in [1.165, 1.54) is 24.4 Å². The van der Waals surface area contributed by atoms with Crippen LogP contribution in [0.25, 0.3) is 0 Å². The predicted octanol–water partition coefficient (Wildman–Crippen LogP) is -0.186. The van der Waals surface area contributed by atoms with Gasteiger partial charge in [-0.25, -0.2) is 5.43 Å². The molecule has 2 N–H and O–H groups in total. The number of hydrogen-bond donors (Lipinski definition) is 2. The molecule has 0 aliphatic carbocycles. The zero-order valence-corrected chi connectivity index (χ0v) is 13.8. The van der Waals surface area contributed by atoms with Crippen molar-refractivity contribution in [2.75, 3.05) is 6.61 Å². The number of rotatable bonds is 7. The maximum absolute atomic E-state index is 11.6. The lowest BCUT2D eigenvalue weighted by atomic mass is 10.1. The van der Waals surface area contributed by atoms with E-state index in [9.17, 15) is 19.5 Å². The van der Waals surface area contributed by atoms with Crippen molar-refractivity contribution in [2.45, 2.75) is 33.2 Å². The van der Waals surface area contributed by atoms with Crippen molar-refractivity contribution in [3.05, 3.63) is 29.3 Å². The number of carboxylic acids is 1. The Morgan fingerprint density at radius 2 is 2.00 bits per heavy atom. The van der Waals surface area contributed by atoms with Gasteiger partial charge in [0.25, 0.3) is 0 Å². The molecule has 0 saturated carbocycles. The summed E-state index contributed by atoms with van der Waals surface area (Å²) in [5, 5.41) is 17.1. The van der Waals surface area contributed by atoms with Crippen LogP contribution >= 0.6 is 0 Å². The van der Waals surface area contributed by atoms with Crippen LogP contribution in [0.15, 0.2) is 23.3 Å². The molecule has 0 fully saturated rings. The van der Waals surface area contributed by atoms with Gasteiger partial charge in [-0.1, -0.05) is 6.92 Å². The lowest BCUT2D eigenvalue weighted by Crippen LogP contribution is -2.41. The second kappa shape index (κ2) is 9.29. The lowest BCUT2D eigenvalue weighted by molar-refractivity contribution is -0.255. The van der Waals surface area contributed by atoms with E-state index >= 15 is 0 Å². The number of ether oxygens (including phenoxy) is 1. The number of carbonyl (C=O) groups excluding carboxylic acids is 3. The Bertz CT molecular complexity index is 643. The molecule has 130 valence electrons. The first kappa shape index (κ1) is 19.1. The highest BCUT2D eigenvalue weighted by atomic mass is 16.5. The molecule has 2 amide bonds. The normalized spacial score (nSPS) is 11.8. The van der Waals surface area contributed by atoms with Gasteiger partial charge in [0.2, 0.25) is 0 Å². The van der Waals surface area contributed by atoms with Crippen LogP contribution in [0.5, 0.6) is 5.75 Å². The van der Waals surface area contributed by atoms with Crippen LogP contribution in [-0.2, 0) is 9.59 Å². The number of amides is 2. The van der Waals surface area contributed by atoms with Crippen molar-refractivity contribution >= 4 is 24.0 Å². The molecule has 0 aliphatic rings. The van der Waals surface area contributed by atoms with Crippen LogP contribution in [0.2, 0.25) is 0 Å². The highest BCUT2D eigenvalue weighted by molar-refractivity contribution is 6.35. The van der Waals surface area contributed by atoms with Gasteiger partial charge >= 0.3 is 11.8 Å². The van der Waals surface area contributed by atoms with Crippen LogP contribution in [-0.4, -0.2) is 36.6 Å². The van der Waals surface area contributed by atoms with Crippen LogP contribution in [0, 0.1) is 0 Å². The van der Waals surface area contributed by atoms with Gasteiger partial charge in [0, 0.05) is 11.6 Å². The summed E-state index contributed by atoms with van der Waals surface area (Å²) < 4.78 is 5.35. The maximum Gasteiger partial charge on any atom is 0.329 e. The molecule has 0 radical (unpaired) electrons. The van der Waals surface area contributed by atoms with Crippen molar-refractivity contribution in [3.63, 3.8) is 0 Å². The van der Waals surface area contributed by atoms with Gasteiger partial charge in [-0.2, -0.15) is 5.10 Å². The highest BCUT2D eigenvalue weighted by Crippen LogP contribution is 2.18. The molecule has 0 spiro atoms. The Morgan fingerprint density at radius 3 is 2.58 bits per heavy atom. The van der Waals surface area contributed by atoms with Gasteiger partial charge in [0.1, 0.15) is 5.75 Å². The maximum atomic E-state index is 11.6. The molecule has 1 aromatic rings. The lowest BCUT2D eigenvalue weighted by Gasteiger charge is -2.10. The second-order valence-corrected chi connectivity index (χ2v) is 4.95. The first-order valence-electron chi connectivity index (χ1n) is 7.51. The van der Waals surface area contributed by atoms with E-state index < -0.39 is 17.8 Å². The first-order chi connectivity index (χ1) is 11.4. The zero-order chi connectivity index (χ0) is 18.1. The molecular formula is C16H20N3O5-. The highest BCUT2D eigenvalue weighted by Gasteiger charge is 2.14. The quantitative estimate of drug-likeness (QED) is 0.407. The fraction of sp³-hybridized carbons (Fsp3) is 0.375. The summed E-state index contributed by atoms with van der Waals surface area (Å²) in [5.74, 6) is -2.66. The topological polar surface area (TPSA) is 120 Å². The Labute approximate surface area is 139 Å². The molecule has 8 heteroatoms. The van der Waals surface area contributed by atoms with E-state index in [0.29, 0.717) is 24.3 Å².